The van der Waals surface area contributed by atoms with E-state index in [1.54, 1.807) is 28.8 Å². The molecule has 0 spiro atoms. The lowest BCUT2D eigenvalue weighted by atomic mass is 9.75. The first-order valence-corrected chi connectivity index (χ1v) is 8.37. The third kappa shape index (κ3) is 1.36. The molecule has 4 aliphatic rings. The van der Waals surface area contributed by atoms with Gasteiger partial charge < -0.3 is 19.7 Å². The Kier molecular flexibility index (Phi) is 2.48. The largest absolute Gasteiger partial charge is 0.391 e. The van der Waals surface area contributed by atoms with Crippen molar-refractivity contribution in [3.63, 3.8) is 0 Å². The van der Waals surface area contributed by atoms with Crippen LogP contribution in [0.3, 0.4) is 0 Å². The lowest BCUT2D eigenvalue weighted by Gasteiger charge is -2.48. The van der Waals surface area contributed by atoms with Crippen LogP contribution in [0.4, 0.5) is 0 Å². The van der Waals surface area contributed by atoms with Crippen molar-refractivity contribution in [1.29, 1.82) is 0 Å². The number of rotatable bonds is 1. The second-order valence-corrected chi connectivity index (χ2v) is 7.88. The van der Waals surface area contributed by atoms with E-state index in [1.807, 2.05) is 0 Å². The fraction of sp³-hybridized carbons (Fsp3) is 0.688. The molecule has 6 heteroatoms. The summed E-state index contributed by atoms with van der Waals surface area (Å²) >= 11 is 6.01. The van der Waals surface area contributed by atoms with Crippen LogP contribution in [0.1, 0.15) is 23.3 Å². The van der Waals surface area contributed by atoms with E-state index in [-0.39, 0.29) is 35.7 Å². The van der Waals surface area contributed by atoms with E-state index in [9.17, 15) is 15.0 Å². The first kappa shape index (κ1) is 13.4. The van der Waals surface area contributed by atoms with Gasteiger partial charge in [0.15, 0.2) is 0 Å². The summed E-state index contributed by atoms with van der Waals surface area (Å²) < 4.78 is 1.72. The molecule has 4 fully saturated rings. The summed E-state index contributed by atoms with van der Waals surface area (Å²) in [5.74, 6) is 1.05. The number of carbonyl (C=O) groups is 1. The van der Waals surface area contributed by atoms with Gasteiger partial charge in [-0.15, -0.1) is 0 Å². The molecule has 2 N–H and O–H groups in total. The predicted molar refractivity (Wildman–Crippen MR) is 79.4 cm³/mol. The second-order valence-electron chi connectivity index (χ2n) is 7.45. The zero-order chi connectivity index (χ0) is 15.3. The normalized spacial score (nSPS) is 47.7. The molecule has 0 aromatic carbocycles. The second kappa shape index (κ2) is 4.08. The summed E-state index contributed by atoms with van der Waals surface area (Å²) in [6.45, 7) is 0. The van der Waals surface area contributed by atoms with E-state index >= 15 is 0 Å². The first-order chi connectivity index (χ1) is 10.5. The van der Waals surface area contributed by atoms with Gasteiger partial charge in [0.05, 0.1) is 29.3 Å². The number of aliphatic hydroxyl groups is 2. The number of aromatic nitrogens is 1. The van der Waals surface area contributed by atoms with E-state index in [1.165, 1.54) is 0 Å². The molecular formula is C16H19ClN2O3. The van der Waals surface area contributed by atoms with Crippen LogP contribution in [-0.4, -0.2) is 49.9 Å². The predicted octanol–water partition coefficient (Wildman–Crippen LogP) is 0.879. The average molecular weight is 323 g/mol. The fourth-order valence-electron chi connectivity index (χ4n) is 6.05. The van der Waals surface area contributed by atoms with Crippen LogP contribution < -0.4 is 0 Å². The highest BCUT2D eigenvalue weighted by molar-refractivity contribution is 6.31. The Balaban J connectivity index is 1.60. The molecule has 1 saturated heterocycles. The standard InChI is InChI=1S/C16H19ClN2O3/c1-18-5-6(17)2-11(18)16(22)19-10-4-7-8-3-9(12(7)15(10)21)13(19)14(8)20/h2,5,7-10,12-15,20-21H,3-4H2,1H3/t7-,8-,9+,10+,12+,13+,14+,15-/m1/s1. The highest BCUT2D eigenvalue weighted by Gasteiger charge is 2.70. The van der Waals surface area contributed by atoms with Crippen molar-refractivity contribution in [2.24, 2.45) is 30.7 Å². The summed E-state index contributed by atoms with van der Waals surface area (Å²) in [5.41, 5.74) is 0.524. The maximum absolute atomic E-state index is 13.1. The van der Waals surface area contributed by atoms with Crippen LogP contribution in [0.25, 0.3) is 0 Å². The Morgan fingerprint density at radius 2 is 2.00 bits per heavy atom. The molecule has 2 heterocycles. The Labute approximate surface area is 133 Å². The third-order valence-electron chi connectivity index (χ3n) is 6.72. The Morgan fingerprint density at radius 1 is 1.23 bits per heavy atom. The molecule has 0 radical (unpaired) electrons. The van der Waals surface area contributed by atoms with Crippen molar-refractivity contribution in [3.05, 3.63) is 23.0 Å². The number of amides is 1. The van der Waals surface area contributed by atoms with E-state index in [2.05, 4.69) is 0 Å². The highest BCUT2D eigenvalue weighted by Crippen LogP contribution is 2.64. The smallest absolute Gasteiger partial charge is 0.271 e. The van der Waals surface area contributed by atoms with Crippen molar-refractivity contribution < 1.29 is 15.0 Å². The zero-order valence-electron chi connectivity index (χ0n) is 12.3. The van der Waals surface area contributed by atoms with Crippen molar-refractivity contribution >= 4 is 17.5 Å². The molecular weight excluding hydrogens is 304 g/mol. The molecule has 3 aliphatic carbocycles. The number of piperidine rings is 1. The van der Waals surface area contributed by atoms with Crippen LogP contribution >= 0.6 is 11.6 Å². The van der Waals surface area contributed by atoms with Crippen LogP contribution in [0, 0.1) is 23.7 Å². The minimum atomic E-state index is -0.441. The number of likely N-dealkylation sites (tertiary alicyclic amines) is 1. The molecule has 1 aromatic heterocycles. The molecule has 8 atom stereocenters. The molecule has 1 aromatic rings. The van der Waals surface area contributed by atoms with E-state index < -0.39 is 12.2 Å². The van der Waals surface area contributed by atoms with Gasteiger partial charge in [-0.1, -0.05) is 11.6 Å². The molecule has 5 rings (SSSR count). The maximum atomic E-state index is 13.1. The monoisotopic (exact) mass is 322 g/mol. The number of halogens is 1. The van der Waals surface area contributed by atoms with Gasteiger partial charge in [0, 0.05) is 13.2 Å². The van der Waals surface area contributed by atoms with Crippen LogP contribution in [-0.2, 0) is 7.05 Å². The van der Waals surface area contributed by atoms with Gasteiger partial charge in [-0.25, -0.2) is 0 Å². The topological polar surface area (TPSA) is 65.7 Å². The van der Waals surface area contributed by atoms with Gasteiger partial charge >= 0.3 is 0 Å². The van der Waals surface area contributed by atoms with Crippen LogP contribution in [0.5, 0.6) is 0 Å². The number of carbonyl (C=O) groups excluding carboxylic acids is 1. The van der Waals surface area contributed by atoms with Crippen molar-refractivity contribution in [3.8, 4) is 0 Å². The lowest BCUT2D eigenvalue weighted by molar-refractivity contribution is -0.0838. The lowest BCUT2D eigenvalue weighted by Crippen LogP contribution is -2.62. The van der Waals surface area contributed by atoms with Crippen molar-refractivity contribution in [1.82, 2.24) is 9.47 Å². The average Bonchev–Trinajstić information content (AvgIpc) is 3.11. The van der Waals surface area contributed by atoms with E-state index in [0.29, 0.717) is 16.6 Å². The van der Waals surface area contributed by atoms with Gasteiger partial charge in [0.1, 0.15) is 5.69 Å². The number of hydrogen-bond donors (Lipinski definition) is 2. The van der Waals surface area contributed by atoms with Crippen LogP contribution in [0.2, 0.25) is 5.02 Å². The third-order valence-corrected chi connectivity index (χ3v) is 6.92. The van der Waals surface area contributed by atoms with Crippen LogP contribution in [0.15, 0.2) is 12.3 Å². The van der Waals surface area contributed by atoms with Gasteiger partial charge in [-0.3, -0.25) is 4.79 Å². The first-order valence-electron chi connectivity index (χ1n) is 7.99. The molecule has 0 unspecified atom stereocenters. The molecule has 3 saturated carbocycles. The van der Waals surface area contributed by atoms with E-state index in [0.717, 1.165) is 12.8 Å². The minimum Gasteiger partial charge on any atom is -0.391 e. The van der Waals surface area contributed by atoms with Gasteiger partial charge in [-0.05, 0) is 42.6 Å². The number of aryl methyl sites for hydroxylation is 1. The Morgan fingerprint density at radius 3 is 2.68 bits per heavy atom. The van der Waals surface area contributed by atoms with Crippen molar-refractivity contribution in [2.45, 2.75) is 37.1 Å². The van der Waals surface area contributed by atoms with Gasteiger partial charge in [0.2, 0.25) is 0 Å². The maximum Gasteiger partial charge on any atom is 0.271 e. The highest BCUT2D eigenvalue weighted by atomic mass is 35.5. The fourth-order valence-corrected chi connectivity index (χ4v) is 6.30. The molecule has 5 nitrogen and oxygen atoms in total. The molecule has 1 aliphatic heterocycles. The molecule has 22 heavy (non-hydrogen) atoms. The summed E-state index contributed by atoms with van der Waals surface area (Å²) in [7, 11) is 1.80. The molecule has 4 bridgehead atoms. The number of hydrogen-bond acceptors (Lipinski definition) is 3. The zero-order valence-corrected chi connectivity index (χ0v) is 13.0. The summed E-state index contributed by atoms with van der Waals surface area (Å²) in [4.78, 5) is 14.9. The summed E-state index contributed by atoms with van der Waals surface area (Å²) in [6, 6.07) is 1.38. The molecule has 118 valence electrons. The SMILES string of the molecule is Cn1cc(Cl)cc1C(=O)N1[C@@H]2[C@@H](O)[C@@H]3C[C@H]2[C@H]2[C@H](O)[C@@H]1C[C@H]32. The summed E-state index contributed by atoms with van der Waals surface area (Å²) in [6.07, 6.45) is 2.60. The van der Waals surface area contributed by atoms with Gasteiger partial charge in [-0.2, -0.15) is 0 Å². The van der Waals surface area contributed by atoms with Gasteiger partial charge in [0.25, 0.3) is 5.91 Å². The van der Waals surface area contributed by atoms with Crippen molar-refractivity contribution in [2.75, 3.05) is 0 Å². The quantitative estimate of drug-likeness (QED) is 0.806. The summed E-state index contributed by atoms with van der Waals surface area (Å²) in [5, 5.41) is 21.8. The molecule has 1 amide bonds. The van der Waals surface area contributed by atoms with E-state index in [4.69, 9.17) is 11.6 Å². The number of fused-ring (bicyclic) bond motifs is 3. The Bertz CT molecular complexity index is 674. The Hall–Kier alpha value is -1.04. The number of aliphatic hydroxyl groups excluding tert-OH is 2. The number of nitrogens with zero attached hydrogens (tertiary/aromatic N) is 2. The minimum absolute atomic E-state index is 0.117.